The minimum atomic E-state index is 0.910. The molecule has 0 unspecified atom stereocenters. The van der Waals surface area contributed by atoms with E-state index in [0.717, 1.165) is 25.0 Å². The Labute approximate surface area is 117 Å². The molecule has 3 rings (SSSR count). The molecule has 19 heavy (non-hydrogen) atoms. The second-order valence-corrected chi connectivity index (χ2v) is 6.10. The summed E-state index contributed by atoms with van der Waals surface area (Å²) in [6.45, 7) is 4.68. The van der Waals surface area contributed by atoms with Crippen molar-refractivity contribution >= 4 is 0 Å². The van der Waals surface area contributed by atoms with Gasteiger partial charge < -0.3 is 5.32 Å². The monoisotopic (exact) mass is 258 g/mol. The Morgan fingerprint density at radius 2 is 1.89 bits per heavy atom. The second kappa shape index (κ2) is 6.53. The zero-order chi connectivity index (χ0) is 12.9. The normalized spacial score (nSPS) is 27.4. The highest BCUT2D eigenvalue weighted by atomic mass is 15.2. The Bertz CT molecular complexity index is 376. The molecule has 1 N–H and O–H groups in total. The Kier molecular flexibility index (Phi) is 4.52. The van der Waals surface area contributed by atoms with Gasteiger partial charge in [0, 0.05) is 25.7 Å². The summed E-state index contributed by atoms with van der Waals surface area (Å²) in [6.07, 6.45) is 7.30. The summed E-state index contributed by atoms with van der Waals surface area (Å²) in [5.74, 6) is 1.02. The SMILES string of the molecule is c1ccc(CNCCN2CCC[C@@H]3CCC[C@@H]32)cc1. The molecule has 1 saturated heterocycles. The number of likely N-dealkylation sites (tertiary alicyclic amines) is 1. The molecule has 104 valence electrons. The molecule has 0 aromatic heterocycles. The van der Waals surface area contributed by atoms with Crippen LogP contribution in [0.15, 0.2) is 30.3 Å². The molecule has 2 atom stereocenters. The Hall–Kier alpha value is -0.860. The van der Waals surface area contributed by atoms with E-state index in [1.807, 2.05) is 0 Å². The number of benzene rings is 1. The molecule has 2 fully saturated rings. The Morgan fingerprint density at radius 3 is 2.79 bits per heavy atom. The van der Waals surface area contributed by atoms with Crippen LogP contribution in [0.4, 0.5) is 0 Å². The lowest BCUT2D eigenvalue weighted by Crippen LogP contribution is -2.45. The van der Waals surface area contributed by atoms with Crippen LogP contribution in [0.2, 0.25) is 0 Å². The Morgan fingerprint density at radius 1 is 1.05 bits per heavy atom. The maximum Gasteiger partial charge on any atom is 0.0206 e. The maximum atomic E-state index is 3.59. The number of hydrogen-bond acceptors (Lipinski definition) is 2. The van der Waals surface area contributed by atoms with Crippen LogP contribution in [0, 0.1) is 5.92 Å². The first-order chi connectivity index (χ1) is 9.43. The van der Waals surface area contributed by atoms with Gasteiger partial charge in [0.15, 0.2) is 0 Å². The van der Waals surface area contributed by atoms with Crippen LogP contribution < -0.4 is 5.32 Å². The van der Waals surface area contributed by atoms with Gasteiger partial charge in [-0.05, 0) is 43.7 Å². The summed E-state index contributed by atoms with van der Waals surface area (Å²) in [4.78, 5) is 2.75. The summed E-state index contributed by atoms with van der Waals surface area (Å²) in [7, 11) is 0. The van der Waals surface area contributed by atoms with E-state index in [0.29, 0.717) is 0 Å². The van der Waals surface area contributed by atoms with Gasteiger partial charge in [-0.2, -0.15) is 0 Å². The minimum absolute atomic E-state index is 0.910. The first-order valence-corrected chi connectivity index (χ1v) is 7.92. The smallest absolute Gasteiger partial charge is 0.0206 e. The molecule has 1 aliphatic heterocycles. The number of fused-ring (bicyclic) bond motifs is 1. The predicted octanol–water partition coefficient (Wildman–Crippen LogP) is 3.04. The quantitative estimate of drug-likeness (QED) is 0.817. The Balaban J connectivity index is 1.40. The molecule has 1 aromatic carbocycles. The van der Waals surface area contributed by atoms with E-state index >= 15 is 0 Å². The van der Waals surface area contributed by atoms with Crippen LogP contribution in [-0.2, 0) is 6.54 Å². The number of nitrogens with one attached hydrogen (secondary N) is 1. The van der Waals surface area contributed by atoms with Crippen molar-refractivity contribution in [3.05, 3.63) is 35.9 Å². The van der Waals surface area contributed by atoms with E-state index in [1.54, 1.807) is 0 Å². The van der Waals surface area contributed by atoms with Crippen molar-refractivity contribution in [2.75, 3.05) is 19.6 Å². The van der Waals surface area contributed by atoms with Crippen LogP contribution >= 0.6 is 0 Å². The van der Waals surface area contributed by atoms with Gasteiger partial charge in [0.05, 0.1) is 0 Å². The first kappa shape index (κ1) is 13.1. The topological polar surface area (TPSA) is 15.3 Å². The average Bonchev–Trinajstić information content (AvgIpc) is 2.94. The van der Waals surface area contributed by atoms with E-state index in [1.165, 1.54) is 50.8 Å². The molecule has 0 radical (unpaired) electrons. The zero-order valence-corrected chi connectivity index (χ0v) is 11.9. The van der Waals surface area contributed by atoms with Crippen LogP contribution in [0.1, 0.15) is 37.7 Å². The summed E-state index contributed by atoms with van der Waals surface area (Å²) in [5.41, 5.74) is 1.39. The largest absolute Gasteiger partial charge is 0.311 e. The van der Waals surface area contributed by atoms with Crippen molar-refractivity contribution in [3.8, 4) is 0 Å². The lowest BCUT2D eigenvalue weighted by atomic mass is 9.92. The number of piperidine rings is 1. The van der Waals surface area contributed by atoms with Crippen LogP contribution in [0.5, 0.6) is 0 Å². The standard InChI is InChI=1S/C17H26N2/c1-2-6-15(7-3-1)14-18-11-13-19-12-5-9-16-8-4-10-17(16)19/h1-3,6-7,16-18H,4-5,8-14H2/t16-,17-/m0/s1. The molecule has 1 aromatic rings. The van der Waals surface area contributed by atoms with Crippen LogP contribution in [0.25, 0.3) is 0 Å². The van der Waals surface area contributed by atoms with E-state index in [2.05, 4.69) is 40.5 Å². The number of hydrogen-bond donors (Lipinski definition) is 1. The van der Waals surface area contributed by atoms with Gasteiger partial charge in [-0.1, -0.05) is 36.8 Å². The van der Waals surface area contributed by atoms with E-state index < -0.39 is 0 Å². The van der Waals surface area contributed by atoms with Gasteiger partial charge in [0.2, 0.25) is 0 Å². The lowest BCUT2D eigenvalue weighted by molar-refractivity contribution is 0.114. The third kappa shape index (κ3) is 3.37. The van der Waals surface area contributed by atoms with Gasteiger partial charge in [0.1, 0.15) is 0 Å². The average molecular weight is 258 g/mol. The summed E-state index contributed by atoms with van der Waals surface area (Å²) >= 11 is 0. The third-order valence-electron chi connectivity index (χ3n) is 4.86. The predicted molar refractivity (Wildman–Crippen MR) is 80.1 cm³/mol. The molecule has 0 bridgehead atoms. The molecule has 2 heteroatoms. The van der Waals surface area contributed by atoms with Crippen molar-refractivity contribution in [3.63, 3.8) is 0 Å². The molecule has 0 amide bonds. The van der Waals surface area contributed by atoms with E-state index in [4.69, 9.17) is 0 Å². The molecular weight excluding hydrogens is 232 g/mol. The third-order valence-corrected chi connectivity index (χ3v) is 4.86. The highest BCUT2D eigenvalue weighted by Gasteiger charge is 2.34. The van der Waals surface area contributed by atoms with Crippen LogP contribution in [0.3, 0.4) is 0 Å². The van der Waals surface area contributed by atoms with Crippen molar-refractivity contribution < 1.29 is 0 Å². The van der Waals surface area contributed by atoms with Crippen LogP contribution in [-0.4, -0.2) is 30.6 Å². The molecular formula is C17H26N2. The molecule has 2 nitrogen and oxygen atoms in total. The fourth-order valence-corrected chi connectivity index (χ4v) is 3.89. The van der Waals surface area contributed by atoms with Gasteiger partial charge in [-0.25, -0.2) is 0 Å². The van der Waals surface area contributed by atoms with Crippen molar-refractivity contribution in [2.45, 2.75) is 44.7 Å². The van der Waals surface area contributed by atoms with Gasteiger partial charge in [-0.15, -0.1) is 0 Å². The van der Waals surface area contributed by atoms with Gasteiger partial charge >= 0.3 is 0 Å². The zero-order valence-electron chi connectivity index (χ0n) is 11.9. The van der Waals surface area contributed by atoms with Crippen molar-refractivity contribution in [2.24, 2.45) is 5.92 Å². The fourth-order valence-electron chi connectivity index (χ4n) is 3.89. The fraction of sp³-hybridized carbons (Fsp3) is 0.647. The van der Waals surface area contributed by atoms with Gasteiger partial charge in [-0.3, -0.25) is 4.90 Å². The highest BCUT2D eigenvalue weighted by Crippen LogP contribution is 2.36. The first-order valence-electron chi connectivity index (χ1n) is 7.92. The minimum Gasteiger partial charge on any atom is -0.311 e. The van der Waals surface area contributed by atoms with E-state index in [-0.39, 0.29) is 0 Å². The molecule has 1 heterocycles. The van der Waals surface area contributed by atoms with Crippen molar-refractivity contribution in [1.29, 1.82) is 0 Å². The summed E-state index contributed by atoms with van der Waals surface area (Å²) in [5, 5.41) is 3.59. The highest BCUT2D eigenvalue weighted by molar-refractivity contribution is 5.14. The second-order valence-electron chi connectivity index (χ2n) is 6.10. The molecule has 0 spiro atoms. The van der Waals surface area contributed by atoms with Gasteiger partial charge in [0.25, 0.3) is 0 Å². The molecule has 1 saturated carbocycles. The van der Waals surface area contributed by atoms with E-state index in [9.17, 15) is 0 Å². The summed E-state index contributed by atoms with van der Waals surface area (Å²) in [6, 6.07) is 11.6. The molecule has 2 aliphatic rings. The number of nitrogens with zero attached hydrogens (tertiary/aromatic N) is 1. The maximum absolute atomic E-state index is 3.59. The number of rotatable bonds is 5. The lowest BCUT2D eigenvalue weighted by Gasteiger charge is -2.37. The molecule has 1 aliphatic carbocycles. The summed E-state index contributed by atoms with van der Waals surface area (Å²) < 4.78 is 0. The van der Waals surface area contributed by atoms with Crippen molar-refractivity contribution in [1.82, 2.24) is 10.2 Å².